The Hall–Kier alpha value is -1.96. The van der Waals surface area contributed by atoms with E-state index in [9.17, 15) is 9.59 Å². The smallest absolute Gasteiger partial charge is 0.360 e. The third-order valence-electron chi connectivity index (χ3n) is 3.45. The van der Waals surface area contributed by atoms with Gasteiger partial charge in [-0.2, -0.15) is 0 Å². The zero-order chi connectivity index (χ0) is 14.5. The van der Waals surface area contributed by atoms with Crippen LogP contribution in [0.2, 0.25) is 0 Å². The van der Waals surface area contributed by atoms with E-state index in [1.807, 2.05) is 0 Å². The van der Waals surface area contributed by atoms with Crippen LogP contribution < -0.4 is 11.1 Å². The summed E-state index contributed by atoms with van der Waals surface area (Å²) in [4.78, 5) is 22.7. The van der Waals surface area contributed by atoms with Crippen molar-refractivity contribution in [2.75, 3.05) is 20.2 Å². The van der Waals surface area contributed by atoms with Crippen molar-refractivity contribution in [2.45, 2.75) is 31.7 Å². The first kappa shape index (κ1) is 14.4. The van der Waals surface area contributed by atoms with Crippen molar-refractivity contribution in [3.05, 3.63) is 11.4 Å². The molecule has 0 bridgehead atoms. The fourth-order valence-electron chi connectivity index (χ4n) is 2.44. The summed E-state index contributed by atoms with van der Waals surface area (Å²) in [5.74, 6) is -0.714. The minimum absolute atomic E-state index is 0.169. The third kappa shape index (κ3) is 3.13. The van der Waals surface area contributed by atoms with Gasteiger partial charge in [-0.1, -0.05) is 5.21 Å². The monoisotopic (exact) mass is 281 g/mol. The van der Waals surface area contributed by atoms with Gasteiger partial charge in [0, 0.05) is 12.3 Å². The van der Waals surface area contributed by atoms with Gasteiger partial charge in [0.1, 0.15) is 0 Å². The molecule has 8 nitrogen and oxygen atoms in total. The number of primary amides is 1. The van der Waals surface area contributed by atoms with E-state index in [4.69, 9.17) is 10.5 Å². The minimum atomic E-state index is -0.496. The zero-order valence-corrected chi connectivity index (χ0v) is 11.5. The first-order valence-electron chi connectivity index (χ1n) is 6.64. The van der Waals surface area contributed by atoms with Crippen LogP contribution in [0.3, 0.4) is 0 Å². The second-order valence-corrected chi connectivity index (χ2v) is 4.78. The molecule has 20 heavy (non-hydrogen) atoms. The first-order valence-corrected chi connectivity index (χ1v) is 6.64. The number of nitrogens with zero attached hydrogens (tertiary/aromatic N) is 3. The van der Waals surface area contributed by atoms with Crippen molar-refractivity contribution in [1.29, 1.82) is 0 Å². The van der Waals surface area contributed by atoms with Gasteiger partial charge >= 0.3 is 5.97 Å². The summed E-state index contributed by atoms with van der Waals surface area (Å²) >= 11 is 0. The van der Waals surface area contributed by atoms with E-state index in [2.05, 4.69) is 15.6 Å². The maximum absolute atomic E-state index is 11.8. The van der Waals surface area contributed by atoms with Crippen LogP contribution in [-0.2, 0) is 16.1 Å². The quantitative estimate of drug-likeness (QED) is 0.697. The summed E-state index contributed by atoms with van der Waals surface area (Å²) in [6.45, 7) is 2.09. The molecular weight excluding hydrogens is 262 g/mol. The van der Waals surface area contributed by atoms with Crippen LogP contribution in [0.1, 0.15) is 41.4 Å². The van der Waals surface area contributed by atoms with E-state index in [1.165, 1.54) is 7.11 Å². The molecular formula is C12H19N5O3. The van der Waals surface area contributed by atoms with Crippen LogP contribution in [0.5, 0.6) is 0 Å². The SMILES string of the molecule is COC(=O)c1nnn(CCC(N)=O)c1C1CCNCC1. The molecule has 0 spiro atoms. The largest absolute Gasteiger partial charge is 0.464 e. The number of hydrogen-bond donors (Lipinski definition) is 2. The van der Waals surface area contributed by atoms with Crippen LogP contribution in [0.15, 0.2) is 0 Å². The number of hydrogen-bond acceptors (Lipinski definition) is 6. The molecule has 3 N–H and O–H groups in total. The average Bonchev–Trinajstić information content (AvgIpc) is 2.89. The lowest BCUT2D eigenvalue weighted by Gasteiger charge is -2.23. The first-order chi connectivity index (χ1) is 9.63. The Labute approximate surface area is 116 Å². The summed E-state index contributed by atoms with van der Waals surface area (Å²) in [6, 6.07) is 0. The molecule has 1 saturated heterocycles. The number of piperidine rings is 1. The molecule has 2 rings (SSSR count). The number of esters is 1. The Balaban J connectivity index is 2.28. The Morgan fingerprint density at radius 2 is 2.15 bits per heavy atom. The Morgan fingerprint density at radius 3 is 2.75 bits per heavy atom. The highest BCUT2D eigenvalue weighted by atomic mass is 16.5. The standard InChI is InChI=1S/C12H19N5O3/c1-20-12(19)10-11(8-2-5-14-6-3-8)17(16-15-10)7-4-9(13)18/h8,14H,2-7H2,1H3,(H2,13,18). The molecule has 0 saturated carbocycles. The lowest BCUT2D eigenvalue weighted by molar-refractivity contribution is -0.118. The Morgan fingerprint density at radius 1 is 1.45 bits per heavy atom. The van der Waals surface area contributed by atoms with Crippen LogP contribution in [0.4, 0.5) is 0 Å². The summed E-state index contributed by atoms with van der Waals surface area (Å²) in [5, 5.41) is 11.1. The molecule has 110 valence electrons. The topological polar surface area (TPSA) is 112 Å². The van der Waals surface area contributed by atoms with Gasteiger partial charge in [-0.3, -0.25) is 4.79 Å². The summed E-state index contributed by atoms with van der Waals surface area (Å²) in [7, 11) is 1.32. The van der Waals surface area contributed by atoms with Crippen LogP contribution in [-0.4, -0.2) is 47.1 Å². The van der Waals surface area contributed by atoms with Crippen molar-refractivity contribution >= 4 is 11.9 Å². The molecule has 0 atom stereocenters. The number of rotatable bonds is 5. The predicted octanol–water partition coefficient (Wildman–Crippen LogP) is -0.593. The molecule has 1 aliphatic heterocycles. The maximum atomic E-state index is 11.8. The second kappa shape index (κ2) is 6.47. The van der Waals surface area contributed by atoms with Gasteiger partial charge in [-0.05, 0) is 25.9 Å². The van der Waals surface area contributed by atoms with Crippen LogP contribution in [0.25, 0.3) is 0 Å². The Bertz CT molecular complexity index is 493. The van der Waals surface area contributed by atoms with Crippen molar-refractivity contribution in [2.24, 2.45) is 5.73 Å². The molecule has 1 amide bonds. The summed E-state index contributed by atoms with van der Waals surface area (Å²) in [6.07, 6.45) is 1.96. The number of nitrogens with one attached hydrogen (secondary N) is 1. The predicted molar refractivity (Wildman–Crippen MR) is 70.0 cm³/mol. The zero-order valence-electron chi connectivity index (χ0n) is 11.5. The van der Waals surface area contributed by atoms with Crippen molar-refractivity contribution in [1.82, 2.24) is 20.3 Å². The molecule has 1 aliphatic rings. The fourth-order valence-corrected chi connectivity index (χ4v) is 2.44. The molecule has 1 aromatic heterocycles. The molecule has 0 unspecified atom stereocenters. The van der Waals surface area contributed by atoms with E-state index in [1.54, 1.807) is 4.68 Å². The highest BCUT2D eigenvalue weighted by molar-refractivity contribution is 5.88. The number of carbonyl (C=O) groups excluding carboxylic acids is 2. The van der Waals surface area contributed by atoms with Crippen LogP contribution >= 0.6 is 0 Å². The molecule has 0 aliphatic carbocycles. The molecule has 1 aromatic rings. The van der Waals surface area contributed by atoms with E-state index in [-0.39, 0.29) is 18.0 Å². The highest BCUT2D eigenvalue weighted by Gasteiger charge is 2.28. The number of amides is 1. The van der Waals surface area contributed by atoms with Crippen LogP contribution in [0, 0.1) is 0 Å². The van der Waals surface area contributed by atoms with Gasteiger partial charge in [0.05, 0.1) is 19.3 Å². The number of nitrogens with two attached hydrogens (primary N) is 1. The molecule has 0 aromatic carbocycles. The lowest BCUT2D eigenvalue weighted by Crippen LogP contribution is -2.29. The number of aryl methyl sites for hydroxylation is 1. The van der Waals surface area contributed by atoms with Gasteiger partial charge in [-0.25, -0.2) is 9.48 Å². The molecule has 1 fully saturated rings. The van der Waals surface area contributed by atoms with Crippen molar-refractivity contribution in [3.8, 4) is 0 Å². The lowest BCUT2D eigenvalue weighted by atomic mass is 9.93. The van der Waals surface area contributed by atoms with Gasteiger partial charge in [0.2, 0.25) is 5.91 Å². The van der Waals surface area contributed by atoms with Gasteiger partial charge in [-0.15, -0.1) is 5.10 Å². The number of aromatic nitrogens is 3. The molecule has 2 heterocycles. The minimum Gasteiger partial charge on any atom is -0.464 e. The maximum Gasteiger partial charge on any atom is 0.360 e. The van der Waals surface area contributed by atoms with Gasteiger partial charge < -0.3 is 15.8 Å². The summed E-state index contributed by atoms with van der Waals surface area (Å²) < 4.78 is 6.35. The van der Waals surface area contributed by atoms with E-state index in [0.717, 1.165) is 31.6 Å². The number of methoxy groups -OCH3 is 1. The van der Waals surface area contributed by atoms with Gasteiger partial charge in [0.15, 0.2) is 5.69 Å². The highest BCUT2D eigenvalue weighted by Crippen LogP contribution is 2.27. The van der Waals surface area contributed by atoms with E-state index < -0.39 is 11.9 Å². The second-order valence-electron chi connectivity index (χ2n) is 4.78. The number of carbonyl (C=O) groups is 2. The normalized spacial score (nSPS) is 16.1. The van der Waals surface area contributed by atoms with Gasteiger partial charge in [0.25, 0.3) is 0 Å². The molecule has 0 radical (unpaired) electrons. The average molecular weight is 281 g/mol. The number of ether oxygens (including phenoxy) is 1. The van der Waals surface area contributed by atoms with E-state index >= 15 is 0 Å². The van der Waals surface area contributed by atoms with E-state index in [0.29, 0.717) is 6.54 Å². The van der Waals surface area contributed by atoms with Crippen molar-refractivity contribution in [3.63, 3.8) is 0 Å². The van der Waals surface area contributed by atoms with Crippen molar-refractivity contribution < 1.29 is 14.3 Å². The fraction of sp³-hybridized carbons (Fsp3) is 0.667. The third-order valence-corrected chi connectivity index (χ3v) is 3.45. The Kier molecular flexibility index (Phi) is 4.67. The summed E-state index contributed by atoms with van der Waals surface area (Å²) in [5.41, 5.74) is 6.15. The molecule has 8 heteroatoms.